The van der Waals surface area contributed by atoms with Crippen LogP contribution in [-0.4, -0.2) is 34.0 Å². The van der Waals surface area contributed by atoms with Crippen LogP contribution in [0.25, 0.3) is 0 Å². The van der Waals surface area contributed by atoms with E-state index >= 15 is 0 Å². The molecule has 0 aliphatic carbocycles. The van der Waals surface area contributed by atoms with Crippen molar-refractivity contribution in [2.45, 2.75) is 39.4 Å². The molecule has 1 unspecified atom stereocenters. The number of carbonyl (C=O) groups is 2. The van der Waals surface area contributed by atoms with E-state index in [9.17, 15) is 22.8 Å². The maximum absolute atomic E-state index is 13.0. The van der Waals surface area contributed by atoms with Gasteiger partial charge in [-0.25, -0.2) is 9.97 Å². The average molecular weight is 529 g/mol. The summed E-state index contributed by atoms with van der Waals surface area (Å²) < 4.78 is 39.1. The van der Waals surface area contributed by atoms with Crippen LogP contribution in [0.2, 0.25) is 5.02 Å². The predicted molar refractivity (Wildman–Crippen MR) is 131 cm³/mol. The molecule has 0 fully saturated rings. The highest BCUT2D eigenvalue weighted by molar-refractivity contribution is 7.13. The monoisotopic (exact) mass is 528 g/mol. The minimum atomic E-state index is -4.70. The Balaban J connectivity index is 2.10. The van der Waals surface area contributed by atoms with Crippen LogP contribution in [0, 0.1) is 0 Å². The van der Waals surface area contributed by atoms with E-state index in [1.54, 1.807) is 13.0 Å². The molecule has 2 rings (SSSR count). The van der Waals surface area contributed by atoms with Gasteiger partial charge in [0.25, 0.3) is 11.8 Å². The zero-order valence-corrected chi connectivity index (χ0v) is 20.7. The molecule has 8 nitrogen and oxygen atoms in total. The Hall–Kier alpha value is -3.25. The fourth-order valence-corrected chi connectivity index (χ4v) is 3.69. The van der Waals surface area contributed by atoms with Crippen molar-refractivity contribution in [1.29, 1.82) is 0 Å². The fraction of sp³-hybridized carbons (Fsp3) is 0.318. The summed E-state index contributed by atoms with van der Waals surface area (Å²) in [6.07, 6.45) is 1.14. The van der Waals surface area contributed by atoms with Crippen molar-refractivity contribution < 1.29 is 22.8 Å². The largest absolute Gasteiger partial charge is 0.418 e. The molecule has 0 aromatic carbocycles. The Morgan fingerprint density at radius 3 is 2.66 bits per heavy atom. The highest BCUT2D eigenvalue weighted by Gasteiger charge is 2.34. The molecule has 35 heavy (non-hydrogen) atoms. The quantitative estimate of drug-likeness (QED) is 0.371. The molecular weight excluding hydrogens is 505 g/mol. The summed E-state index contributed by atoms with van der Waals surface area (Å²) >= 11 is 6.52. The van der Waals surface area contributed by atoms with Crippen LogP contribution >= 0.6 is 22.9 Å². The first-order valence-corrected chi connectivity index (χ1v) is 11.6. The van der Waals surface area contributed by atoms with Crippen molar-refractivity contribution in [2.75, 3.05) is 11.9 Å². The third-order valence-corrected chi connectivity index (χ3v) is 5.82. The van der Waals surface area contributed by atoms with Crippen molar-refractivity contribution >= 4 is 46.3 Å². The van der Waals surface area contributed by atoms with Gasteiger partial charge in [0.05, 0.1) is 22.8 Å². The number of pyridine rings is 1. The summed E-state index contributed by atoms with van der Waals surface area (Å²) in [5.74, 6) is -1.49. The van der Waals surface area contributed by atoms with E-state index in [2.05, 4.69) is 37.5 Å². The molecule has 3 N–H and O–H groups in total. The number of amides is 2. The lowest BCUT2D eigenvalue weighted by Gasteiger charge is -2.12. The number of anilines is 1. The number of hydrogen-bond donors (Lipinski definition) is 3. The Morgan fingerprint density at radius 2 is 2.03 bits per heavy atom. The van der Waals surface area contributed by atoms with Crippen molar-refractivity contribution in [3.63, 3.8) is 0 Å². The number of carbonyl (C=O) groups excluding carboxylic acids is 2. The van der Waals surface area contributed by atoms with Crippen molar-refractivity contribution in [1.82, 2.24) is 20.6 Å². The molecule has 0 aliphatic heterocycles. The summed E-state index contributed by atoms with van der Waals surface area (Å²) in [6, 6.07) is 0.0722. The normalized spacial score (nSPS) is 13.2. The van der Waals surface area contributed by atoms with E-state index in [4.69, 9.17) is 11.6 Å². The van der Waals surface area contributed by atoms with Gasteiger partial charge in [-0.3, -0.25) is 14.6 Å². The van der Waals surface area contributed by atoms with E-state index in [-0.39, 0.29) is 16.4 Å². The van der Waals surface area contributed by atoms with Crippen LogP contribution in [0.3, 0.4) is 0 Å². The fourth-order valence-electron chi connectivity index (χ4n) is 2.67. The van der Waals surface area contributed by atoms with Gasteiger partial charge in [-0.1, -0.05) is 25.1 Å². The van der Waals surface area contributed by atoms with Gasteiger partial charge in [-0.2, -0.15) is 13.2 Å². The standard InChI is InChI=1S/C22H24ClF3N6O2S/c1-5-7-28-12(3)8-16(27-6-2)19(33)31-13(4)21-30-11-17(35-21)20(34)32-18-9-14(22(24,25)26)15(23)10-29-18/h6,8-11,13,28H,2,5,7H2,1,3-4H3,(H,31,33)(H,29,32,34)/b12-8+,27-16+. The van der Waals surface area contributed by atoms with E-state index in [1.807, 2.05) is 13.8 Å². The lowest BCUT2D eigenvalue weighted by molar-refractivity contribution is -0.137. The summed E-state index contributed by atoms with van der Waals surface area (Å²) in [4.78, 5) is 37.1. The summed E-state index contributed by atoms with van der Waals surface area (Å²) in [7, 11) is 0. The van der Waals surface area contributed by atoms with E-state index < -0.39 is 34.6 Å². The van der Waals surface area contributed by atoms with Gasteiger partial charge in [-0.05, 0) is 32.4 Å². The zero-order chi connectivity index (χ0) is 26.2. The number of nitrogens with zero attached hydrogens (tertiary/aromatic N) is 3. The molecule has 1 atom stereocenters. The molecule has 0 saturated heterocycles. The topological polar surface area (TPSA) is 108 Å². The van der Waals surface area contributed by atoms with Gasteiger partial charge < -0.3 is 16.0 Å². The molecule has 0 bridgehead atoms. The van der Waals surface area contributed by atoms with Gasteiger partial charge in [-0.15, -0.1) is 11.3 Å². The van der Waals surface area contributed by atoms with E-state index in [0.717, 1.165) is 36.2 Å². The van der Waals surface area contributed by atoms with Gasteiger partial charge in [0.1, 0.15) is 21.4 Å². The first kappa shape index (κ1) is 28.0. The average Bonchev–Trinajstić information content (AvgIpc) is 3.28. The smallest absolute Gasteiger partial charge is 0.389 e. The zero-order valence-electron chi connectivity index (χ0n) is 19.2. The lowest BCUT2D eigenvalue weighted by Crippen LogP contribution is -2.32. The number of rotatable bonds is 10. The maximum Gasteiger partial charge on any atom is 0.418 e. The molecule has 2 aromatic rings. The highest BCUT2D eigenvalue weighted by Crippen LogP contribution is 2.35. The summed E-state index contributed by atoms with van der Waals surface area (Å²) in [5.41, 5.74) is -0.221. The number of hydrogen-bond acceptors (Lipinski definition) is 7. The number of aromatic nitrogens is 2. The number of nitrogens with one attached hydrogen (secondary N) is 3. The molecule has 13 heteroatoms. The molecular formula is C22H24ClF3N6O2S. The predicted octanol–water partition coefficient (Wildman–Crippen LogP) is 5.13. The molecule has 0 saturated carbocycles. The number of allylic oxidation sites excluding steroid dienone is 1. The molecule has 188 valence electrons. The van der Waals surface area contributed by atoms with Gasteiger partial charge >= 0.3 is 6.18 Å². The van der Waals surface area contributed by atoms with Crippen LogP contribution in [0.15, 0.2) is 48.0 Å². The lowest BCUT2D eigenvalue weighted by atomic mass is 10.2. The van der Waals surface area contributed by atoms with Crippen molar-refractivity contribution in [3.8, 4) is 0 Å². The van der Waals surface area contributed by atoms with Crippen LogP contribution in [0.5, 0.6) is 0 Å². The Labute approximate surface area is 209 Å². The number of aliphatic imine (C=N–C) groups is 1. The Morgan fingerprint density at radius 1 is 1.31 bits per heavy atom. The second-order valence-corrected chi connectivity index (χ2v) is 8.68. The Bertz CT molecular complexity index is 1150. The van der Waals surface area contributed by atoms with E-state index in [0.29, 0.717) is 11.1 Å². The second kappa shape index (κ2) is 12.5. The molecule has 0 aliphatic rings. The number of halogens is 4. The van der Waals surface area contributed by atoms with Crippen molar-refractivity contribution in [2.24, 2.45) is 4.99 Å². The molecule has 2 aromatic heterocycles. The Kier molecular flexibility index (Phi) is 9.96. The third-order valence-electron chi connectivity index (χ3n) is 4.34. The third kappa shape index (κ3) is 8.18. The van der Waals surface area contributed by atoms with Crippen LogP contribution in [-0.2, 0) is 11.0 Å². The summed E-state index contributed by atoms with van der Waals surface area (Å²) in [5, 5.41) is 8.02. The van der Waals surface area contributed by atoms with Crippen LogP contribution < -0.4 is 16.0 Å². The number of thiazole rings is 1. The highest BCUT2D eigenvalue weighted by atomic mass is 35.5. The SMILES string of the molecule is C=C/N=C(\C=C(/C)NCCC)C(=O)NC(C)c1ncc(C(=O)Nc2cc(C(F)(F)F)c(Cl)cn2)s1. The van der Waals surface area contributed by atoms with Crippen LogP contribution in [0.1, 0.15) is 53.5 Å². The molecule has 0 spiro atoms. The first-order chi connectivity index (χ1) is 16.5. The van der Waals surface area contributed by atoms with Crippen molar-refractivity contribution in [3.05, 3.63) is 63.5 Å². The molecule has 2 amide bonds. The van der Waals surface area contributed by atoms with E-state index in [1.165, 1.54) is 12.4 Å². The summed E-state index contributed by atoms with van der Waals surface area (Å²) in [6.45, 7) is 9.77. The minimum absolute atomic E-state index is 0.117. The van der Waals surface area contributed by atoms with Gasteiger partial charge in [0.15, 0.2) is 0 Å². The minimum Gasteiger partial charge on any atom is -0.389 e. The van der Waals surface area contributed by atoms with Gasteiger partial charge in [0.2, 0.25) is 0 Å². The van der Waals surface area contributed by atoms with Gasteiger partial charge in [0, 0.05) is 24.6 Å². The maximum atomic E-state index is 13.0. The second-order valence-electron chi connectivity index (χ2n) is 7.21. The van der Waals surface area contributed by atoms with Crippen LogP contribution in [0.4, 0.5) is 19.0 Å². The molecule has 2 heterocycles. The first-order valence-electron chi connectivity index (χ1n) is 10.4. The molecule has 0 radical (unpaired) electrons. The number of alkyl halides is 3.